The van der Waals surface area contributed by atoms with Crippen LogP contribution in [0.5, 0.6) is 0 Å². The Kier molecular flexibility index (Phi) is 4.48. The normalized spacial score (nSPS) is 25.8. The lowest BCUT2D eigenvalue weighted by Gasteiger charge is -2.45. The number of hydrogen-bond donors (Lipinski definition) is 1. The van der Waals surface area contributed by atoms with Crippen LogP contribution >= 0.6 is 0 Å². The Hall–Kier alpha value is -3.01. The fraction of sp³-hybridized carbons (Fsp3) is 0.261. The predicted molar refractivity (Wildman–Crippen MR) is 110 cm³/mol. The third-order valence-electron chi connectivity index (χ3n) is 5.45. The molecule has 2 bridgehead atoms. The molecule has 2 aromatic rings. The summed E-state index contributed by atoms with van der Waals surface area (Å²) in [6.07, 6.45) is 15.6. The number of allylic oxidation sites excluding steroid dienone is 3. The Balaban J connectivity index is 1.79. The minimum Gasteiger partial charge on any atom is -0.326 e. The zero-order valence-electron chi connectivity index (χ0n) is 15.6. The maximum atomic E-state index is 11.9. The molecule has 0 aliphatic heterocycles. The van der Waals surface area contributed by atoms with Gasteiger partial charge < -0.3 is 4.98 Å². The van der Waals surface area contributed by atoms with Gasteiger partial charge in [0.15, 0.2) is 0 Å². The Labute approximate surface area is 159 Å². The number of hydrogen-bond acceptors (Lipinski definition) is 3. The van der Waals surface area contributed by atoms with Crippen molar-refractivity contribution in [2.45, 2.75) is 32.2 Å². The molecule has 2 atom stereocenters. The van der Waals surface area contributed by atoms with E-state index >= 15 is 0 Å². The highest BCUT2D eigenvalue weighted by molar-refractivity contribution is 5.79. The number of pyridine rings is 2. The summed E-state index contributed by atoms with van der Waals surface area (Å²) < 4.78 is 0. The molecule has 0 saturated heterocycles. The zero-order chi connectivity index (χ0) is 18.9. The van der Waals surface area contributed by atoms with E-state index in [-0.39, 0.29) is 11.5 Å². The number of aromatic amines is 1. The molecule has 0 radical (unpaired) electrons. The van der Waals surface area contributed by atoms with Gasteiger partial charge in [-0.3, -0.25) is 14.8 Å². The van der Waals surface area contributed by atoms with Crippen molar-refractivity contribution in [2.75, 3.05) is 0 Å². The number of H-pyrrole nitrogens is 1. The molecular weight excluding hydrogens is 334 g/mol. The number of nitrogens with zero attached hydrogens (tertiary/aromatic N) is 2. The lowest BCUT2D eigenvalue weighted by atomic mass is 9.63. The summed E-state index contributed by atoms with van der Waals surface area (Å²) in [6.45, 7) is 4.26. The molecule has 0 unspecified atom stereocenters. The lowest BCUT2D eigenvalue weighted by Crippen LogP contribution is -2.40. The van der Waals surface area contributed by atoms with Gasteiger partial charge in [0.2, 0.25) is 5.56 Å². The molecule has 2 heterocycles. The van der Waals surface area contributed by atoms with Crippen LogP contribution in [0.15, 0.2) is 75.8 Å². The minimum absolute atomic E-state index is 0.0480. The van der Waals surface area contributed by atoms with Crippen LogP contribution in [0.2, 0.25) is 0 Å². The van der Waals surface area contributed by atoms with Crippen molar-refractivity contribution in [2.24, 2.45) is 10.9 Å². The highest BCUT2D eigenvalue weighted by Crippen LogP contribution is 2.51. The van der Waals surface area contributed by atoms with Crippen LogP contribution in [0.1, 0.15) is 37.1 Å². The summed E-state index contributed by atoms with van der Waals surface area (Å²) in [4.78, 5) is 24.0. The van der Waals surface area contributed by atoms with Crippen LogP contribution in [0.4, 0.5) is 0 Å². The maximum Gasteiger partial charge on any atom is 0.248 e. The molecule has 4 rings (SSSR count). The summed E-state index contributed by atoms with van der Waals surface area (Å²) in [6, 6.07) is 7.49. The van der Waals surface area contributed by atoms with E-state index in [9.17, 15) is 4.79 Å². The van der Waals surface area contributed by atoms with Crippen LogP contribution in [0.3, 0.4) is 0 Å². The van der Waals surface area contributed by atoms with Crippen molar-refractivity contribution < 1.29 is 0 Å². The molecule has 0 saturated carbocycles. The van der Waals surface area contributed by atoms with Gasteiger partial charge in [0.1, 0.15) is 5.54 Å². The van der Waals surface area contributed by atoms with Crippen molar-refractivity contribution in [1.29, 1.82) is 0 Å². The molecule has 0 amide bonds. The van der Waals surface area contributed by atoms with E-state index in [0.717, 1.165) is 29.7 Å². The Morgan fingerprint density at radius 3 is 2.85 bits per heavy atom. The number of nitrogens with one attached hydrogen (secondary N) is 1. The number of fused-ring (bicyclic) bond motifs is 4. The first-order valence-corrected chi connectivity index (χ1v) is 9.31. The largest absolute Gasteiger partial charge is 0.326 e. The predicted octanol–water partition coefficient (Wildman–Crippen LogP) is 4.22. The molecule has 2 aliphatic rings. The van der Waals surface area contributed by atoms with Crippen LogP contribution < -0.4 is 5.56 Å². The van der Waals surface area contributed by atoms with Crippen LogP contribution in [0, 0.1) is 5.92 Å². The highest BCUT2D eigenvalue weighted by atomic mass is 16.1. The molecule has 4 nitrogen and oxygen atoms in total. The highest BCUT2D eigenvalue weighted by Gasteiger charge is 2.46. The topological polar surface area (TPSA) is 58.1 Å². The van der Waals surface area contributed by atoms with Crippen LogP contribution in [-0.4, -0.2) is 16.2 Å². The molecule has 0 fully saturated rings. The van der Waals surface area contributed by atoms with E-state index < -0.39 is 5.54 Å². The van der Waals surface area contributed by atoms with E-state index in [0.29, 0.717) is 0 Å². The van der Waals surface area contributed by atoms with Crippen molar-refractivity contribution >= 4 is 12.3 Å². The summed E-state index contributed by atoms with van der Waals surface area (Å²) in [7, 11) is 0. The maximum absolute atomic E-state index is 11.9. The van der Waals surface area contributed by atoms with Gasteiger partial charge in [0.25, 0.3) is 0 Å². The molecule has 0 spiro atoms. The second-order valence-corrected chi connectivity index (χ2v) is 7.24. The van der Waals surface area contributed by atoms with Gasteiger partial charge >= 0.3 is 0 Å². The summed E-state index contributed by atoms with van der Waals surface area (Å²) in [5.41, 5.74) is 5.40. The third-order valence-corrected chi connectivity index (χ3v) is 5.45. The van der Waals surface area contributed by atoms with Gasteiger partial charge in [-0.2, -0.15) is 0 Å². The lowest BCUT2D eigenvalue weighted by molar-refractivity contribution is 0.413. The van der Waals surface area contributed by atoms with Crippen LogP contribution in [0.25, 0.3) is 6.08 Å². The molecule has 2 aromatic heterocycles. The molecule has 1 N–H and O–H groups in total. The molecule has 2 aliphatic carbocycles. The van der Waals surface area contributed by atoms with Gasteiger partial charge in [0, 0.05) is 48.3 Å². The summed E-state index contributed by atoms with van der Waals surface area (Å²) in [5.74, 6) is 0.288. The Morgan fingerprint density at radius 2 is 2.07 bits per heavy atom. The second kappa shape index (κ2) is 6.95. The van der Waals surface area contributed by atoms with Crippen molar-refractivity contribution in [3.05, 3.63) is 93.2 Å². The van der Waals surface area contributed by atoms with Gasteiger partial charge in [0.05, 0.1) is 0 Å². The van der Waals surface area contributed by atoms with Gasteiger partial charge in [-0.1, -0.05) is 23.8 Å². The van der Waals surface area contributed by atoms with E-state index in [2.05, 4.69) is 36.0 Å². The number of rotatable bonds is 3. The first-order chi connectivity index (χ1) is 13.1. The second-order valence-electron chi connectivity index (χ2n) is 7.24. The van der Waals surface area contributed by atoms with Gasteiger partial charge in [-0.05, 0) is 55.7 Å². The number of aliphatic imine (C=N–C) groups is 1. The smallest absolute Gasteiger partial charge is 0.248 e. The van der Waals surface area contributed by atoms with E-state index in [1.54, 1.807) is 18.5 Å². The van der Waals surface area contributed by atoms with Crippen molar-refractivity contribution in [3.63, 3.8) is 0 Å². The van der Waals surface area contributed by atoms with E-state index in [1.165, 1.54) is 11.1 Å². The summed E-state index contributed by atoms with van der Waals surface area (Å²) in [5, 5.41) is 0. The van der Waals surface area contributed by atoms with Crippen molar-refractivity contribution in [1.82, 2.24) is 9.97 Å². The molecule has 136 valence electrons. The van der Waals surface area contributed by atoms with E-state index in [4.69, 9.17) is 4.99 Å². The molecule has 27 heavy (non-hydrogen) atoms. The first-order valence-electron chi connectivity index (χ1n) is 9.31. The van der Waals surface area contributed by atoms with E-state index in [1.807, 2.05) is 36.6 Å². The van der Waals surface area contributed by atoms with Gasteiger partial charge in [-0.25, -0.2) is 0 Å². The monoisotopic (exact) mass is 357 g/mol. The molecular formula is C23H23N3O. The Bertz CT molecular complexity index is 1030. The minimum atomic E-state index is -0.432. The number of aromatic nitrogens is 2. The quantitative estimate of drug-likeness (QED) is 0.660. The average molecular weight is 357 g/mol. The Morgan fingerprint density at radius 1 is 1.26 bits per heavy atom. The zero-order valence-corrected chi connectivity index (χ0v) is 15.6. The first kappa shape index (κ1) is 17.4. The fourth-order valence-corrected chi connectivity index (χ4v) is 4.45. The fourth-order valence-electron chi connectivity index (χ4n) is 4.45. The van der Waals surface area contributed by atoms with Gasteiger partial charge in [-0.15, -0.1) is 0 Å². The third kappa shape index (κ3) is 3.12. The summed E-state index contributed by atoms with van der Waals surface area (Å²) >= 11 is 0. The van der Waals surface area contributed by atoms with Crippen molar-refractivity contribution in [3.8, 4) is 0 Å². The SMILES string of the molecule is C/C=C1\[C@H]2C=C(C)C[C@]1(/N=C/C=C/c1ccncc1)c1ccc(=O)[nH]c1C2. The standard InChI is InChI=1S/C23H23N3O/c1-3-19-18-13-16(2)15-23(19,20-6-7-22(27)26-21(20)14-18)25-10-4-5-17-8-11-24-12-9-17/h3-13,18H,14-15H2,1-2H3,(H,26,27)/b5-4+,19-3+,25-10+/t18-,23+/m0/s1. The van der Waals surface area contributed by atoms with Crippen LogP contribution in [-0.2, 0) is 12.0 Å². The molecule has 4 heteroatoms. The molecule has 0 aromatic carbocycles. The average Bonchev–Trinajstić information content (AvgIpc) is 2.65.